The zero-order valence-corrected chi connectivity index (χ0v) is 16.9. The highest BCUT2D eigenvalue weighted by atomic mass is 79.9. The number of carbonyl (C=O) groups excluding carboxylic acids is 1. The first-order valence-electron chi connectivity index (χ1n) is 7.41. The van der Waals surface area contributed by atoms with Gasteiger partial charge in [-0.05, 0) is 29.8 Å². The Morgan fingerprint density at radius 3 is 2.27 bits per heavy atom. The fourth-order valence-corrected chi connectivity index (χ4v) is 2.58. The van der Waals surface area contributed by atoms with Crippen LogP contribution in [0.2, 0.25) is 10.0 Å². The van der Waals surface area contributed by atoms with E-state index >= 15 is 0 Å². The fourth-order valence-electron chi connectivity index (χ4n) is 1.74. The van der Waals surface area contributed by atoms with Gasteiger partial charge in [-0.1, -0.05) is 65.1 Å². The lowest BCUT2D eigenvalue weighted by molar-refractivity contribution is -0.167. The maximum atomic E-state index is 12.4. The number of nitrogens with one attached hydrogen (secondary N) is 1. The minimum absolute atomic E-state index is 0.0251. The number of para-hydroxylation sites is 1. The molecule has 0 atom stereocenters. The molecule has 0 saturated heterocycles. The molecule has 9 heteroatoms. The average molecular weight is 473 g/mol. The van der Waals surface area contributed by atoms with Gasteiger partial charge < -0.3 is 10.1 Å². The van der Waals surface area contributed by atoms with Crippen LogP contribution in [0.1, 0.15) is 19.4 Å². The predicted molar refractivity (Wildman–Crippen MR) is 102 cm³/mol. The van der Waals surface area contributed by atoms with Crippen molar-refractivity contribution in [2.24, 2.45) is 0 Å². The van der Waals surface area contributed by atoms with Crippen molar-refractivity contribution in [1.29, 1.82) is 0 Å². The summed E-state index contributed by atoms with van der Waals surface area (Å²) in [5.74, 6) is -1.54. The molecule has 0 spiro atoms. The van der Waals surface area contributed by atoms with E-state index in [1.807, 2.05) is 13.8 Å². The van der Waals surface area contributed by atoms with Gasteiger partial charge in [-0.2, -0.15) is 13.2 Å². The molecule has 0 bridgehead atoms. The van der Waals surface area contributed by atoms with Gasteiger partial charge in [0, 0.05) is 11.0 Å². The van der Waals surface area contributed by atoms with Crippen molar-refractivity contribution in [2.75, 3.05) is 5.32 Å². The summed E-state index contributed by atoms with van der Waals surface area (Å²) in [6, 6.07) is 9.27. The number of benzene rings is 2. The molecular formula is C17H15BrCl2F3NO2. The normalized spacial score (nSPS) is 10.6. The minimum Gasteiger partial charge on any atom is -0.454 e. The molecule has 1 amide bonds. The molecule has 2 aromatic rings. The average Bonchev–Trinajstić information content (AvgIpc) is 2.60. The highest BCUT2D eigenvalue weighted by molar-refractivity contribution is 9.08. The number of ether oxygens (including phenoxy) is 1. The van der Waals surface area contributed by atoms with Crippen molar-refractivity contribution in [3.05, 3.63) is 52.0 Å². The molecule has 0 radical (unpaired) electrons. The molecule has 0 aliphatic rings. The van der Waals surface area contributed by atoms with E-state index in [1.165, 1.54) is 12.1 Å². The lowest BCUT2D eigenvalue weighted by Gasteiger charge is -2.15. The third-order valence-corrected chi connectivity index (χ3v) is 4.08. The Bertz CT molecular complexity index is 770. The van der Waals surface area contributed by atoms with E-state index in [1.54, 1.807) is 29.6 Å². The predicted octanol–water partition coefficient (Wildman–Crippen LogP) is 7.21. The van der Waals surface area contributed by atoms with Crippen molar-refractivity contribution >= 4 is 50.7 Å². The Balaban J connectivity index is 0.00000163. The first-order chi connectivity index (χ1) is 12.2. The lowest BCUT2D eigenvalue weighted by Crippen LogP contribution is -2.30. The zero-order valence-electron chi connectivity index (χ0n) is 13.8. The number of alkyl halides is 4. The van der Waals surface area contributed by atoms with Crippen LogP contribution >= 0.6 is 39.1 Å². The molecule has 0 saturated carbocycles. The zero-order chi connectivity index (χ0) is 19.9. The van der Waals surface area contributed by atoms with Gasteiger partial charge in [0.1, 0.15) is 11.5 Å². The molecule has 26 heavy (non-hydrogen) atoms. The number of halogens is 6. The smallest absolute Gasteiger partial charge is 0.454 e. The fraction of sp³-hybridized carbons (Fsp3) is 0.235. The third kappa shape index (κ3) is 6.07. The van der Waals surface area contributed by atoms with E-state index in [2.05, 4.69) is 15.9 Å². The van der Waals surface area contributed by atoms with Crippen LogP contribution < -0.4 is 10.1 Å². The first-order valence-corrected chi connectivity index (χ1v) is 9.29. The quantitative estimate of drug-likeness (QED) is 0.477. The Morgan fingerprint density at radius 1 is 1.12 bits per heavy atom. The van der Waals surface area contributed by atoms with Crippen LogP contribution in [0.4, 0.5) is 18.9 Å². The highest BCUT2D eigenvalue weighted by Crippen LogP contribution is 2.37. The summed E-state index contributed by atoms with van der Waals surface area (Å²) < 4.78 is 42.7. The van der Waals surface area contributed by atoms with Gasteiger partial charge in [-0.25, -0.2) is 0 Å². The van der Waals surface area contributed by atoms with Gasteiger partial charge in [-0.3, -0.25) is 4.79 Å². The summed E-state index contributed by atoms with van der Waals surface area (Å²) in [7, 11) is 0. The second kappa shape index (κ2) is 10.0. The van der Waals surface area contributed by atoms with Crippen LogP contribution in [0.15, 0.2) is 36.4 Å². The standard InChI is InChI=1S/C15H9BrCl2F3NO2.C2H6/c16-7-8-5-13(24-12-4-2-1-3-9(12)17)10(18)6-11(8)22-14(23)15(19,20)21;1-2/h1-6H,7H2,(H,22,23);1-2H3. The summed E-state index contributed by atoms with van der Waals surface area (Å²) in [6.45, 7) is 4.00. The summed E-state index contributed by atoms with van der Waals surface area (Å²) in [5.41, 5.74) is 0.296. The van der Waals surface area contributed by atoms with Crippen LogP contribution in [0, 0.1) is 0 Å². The van der Waals surface area contributed by atoms with Crippen molar-refractivity contribution in [1.82, 2.24) is 0 Å². The van der Waals surface area contributed by atoms with Crippen LogP contribution in [-0.4, -0.2) is 12.1 Å². The molecule has 0 unspecified atom stereocenters. The number of amides is 1. The molecule has 142 valence electrons. The minimum atomic E-state index is -5.00. The monoisotopic (exact) mass is 471 g/mol. The Labute approximate surface area is 167 Å². The van der Waals surface area contributed by atoms with Crippen LogP contribution in [0.3, 0.4) is 0 Å². The molecule has 0 aromatic heterocycles. The molecule has 2 aromatic carbocycles. The topological polar surface area (TPSA) is 38.3 Å². The van der Waals surface area contributed by atoms with Gasteiger partial charge in [0.15, 0.2) is 0 Å². The second-order valence-electron chi connectivity index (χ2n) is 4.56. The summed E-state index contributed by atoms with van der Waals surface area (Å²) in [6.07, 6.45) is -5.00. The van der Waals surface area contributed by atoms with Gasteiger partial charge >= 0.3 is 12.1 Å². The molecular weight excluding hydrogens is 458 g/mol. The number of hydrogen-bond donors (Lipinski definition) is 1. The van der Waals surface area contributed by atoms with E-state index < -0.39 is 12.1 Å². The Hall–Kier alpha value is -1.44. The van der Waals surface area contributed by atoms with Crippen molar-refractivity contribution in [3.8, 4) is 11.5 Å². The number of carbonyl (C=O) groups is 1. The van der Waals surface area contributed by atoms with E-state index in [9.17, 15) is 18.0 Å². The Kier molecular flexibility index (Phi) is 8.73. The third-order valence-electron chi connectivity index (χ3n) is 2.86. The molecule has 1 N–H and O–H groups in total. The maximum absolute atomic E-state index is 12.4. The van der Waals surface area contributed by atoms with E-state index in [0.717, 1.165) is 0 Å². The second-order valence-corrected chi connectivity index (χ2v) is 5.93. The number of anilines is 1. The number of hydrogen-bond acceptors (Lipinski definition) is 2. The molecule has 0 aliphatic heterocycles. The summed E-state index contributed by atoms with van der Waals surface area (Å²) in [4.78, 5) is 11.1. The molecule has 3 nitrogen and oxygen atoms in total. The molecule has 0 heterocycles. The van der Waals surface area contributed by atoms with Crippen LogP contribution in [0.5, 0.6) is 11.5 Å². The molecule has 0 aliphatic carbocycles. The number of rotatable bonds is 4. The van der Waals surface area contributed by atoms with E-state index in [0.29, 0.717) is 16.3 Å². The van der Waals surface area contributed by atoms with Gasteiger partial charge in [0.05, 0.1) is 10.0 Å². The van der Waals surface area contributed by atoms with Crippen molar-refractivity contribution in [2.45, 2.75) is 25.4 Å². The maximum Gasteiger partial charge on any atom is 0.471 e. The highest BCUT2D eigenvalue weighted by Gasteiger charge is 2.39. The van der Waals surface area contributed by atoms with Crippen LogP contribution in [-0.2, 0) is 10.1 Å². The van der Waals surface area contributed by atoms with Crippen LogP contribution in [0.25, 0.3) is 0 Å². The van der Waals surface area contributed by atoms with E-state index in [-0.39, 0.29) is 21.8 Å². The van der Waals surface area contributed by atoms with Crippen molar-refractivity contribution < 1.29 is 22.7 Å². The largest absolute Gasteiger partial charge is 0.471 e. The Morgan fingerprint density at radius 2 is 1.73 bits per heavy atom. The van der Waals surface area contributed by atoms with E-state index in [4.69, 9.17) is 27.9 Å². The van der Waals surface area contributed by atoms with Gasteiger partial charge in [-0.15, -0.1) is 0 Å². The van der Waals surface area contributed by atoms with Crippen molar-refractivity contribution in [3.63, 3.8) is 0 Å². The van der Waals surface area contributed by atoms with Gasteiger partial charge in [0.2, 0.25) is 0 Å². The first kappa shape index (κ1) is 22.6. The SMILES string of the molecule is CC.O=C(Nc1cc(Cl)c(Oc2ccccc2Cl)cc1CBr)C(F)(F)F. The summed E-state index contributed by atoms with van der Waals surface area (Å²) >= 11 is 15.2. The molecule has 0 fully saturated rings. The summed E-state index contributed by atoms with van der Waals surface area (Å²) in [5, 5.41) is 2.34. The molecule has 2 rings (SSSR count). The van der Waals surface area contributed by atoms with Gasteiger partial charge in [0.25, 0.3) is 0 Å². The lowest BCUT2D eigenvalue weighted by atomic mass is 10.2.